The molecule has 19 heavy (non-hydrogen) atoms. The molecular formula is C14H20Cl2N2O. The summed E-state index contributed by atoms with van der Waals surface area (Å²) in [6, 6.07) is 7.50. The number of rotatable bonds is 4. The molecule has 0 bridgehead atoms. The van der Waals surface area contributed by atoms with Crippen molar-refractivity contribution in [2.75, 3.05) is 26.7 Å². The van der Waals surface area contributed by atoms with E-state index in [-0.39, 0.29) is 18.3 Å². The van der Waals surface area contributed by atoms with Gasteiger partial charge >= 0.3 is 0 Å². The molecule has 0 aromatic heterocycles. The molecule has 1 fully saturated rings. The monoisotopic (exact) mass is 302 g/mol. The van der Waals surface area contributed by atoms with Crippen LogP contribution in [0.5, 0.6) is 0 Å². The molecule has 0 aliphatic carbocycles. The van der Waals surface area contributed by atoms with Gasteiger partial charge in [0, 0.05) is 18.1 Å². The van der Waals surface area contributed by atoms with Gasteiger partial charge in [0.1, 0.15) is 0 Å². The first-order valence-electron chi connectivity index (χ1n) is 6.36. The first-order chi connectivity index (χ1) is 8.69. The summed E-state index contributed by atoms with van der Waals surface area (Å²) < 4.78 is 0. The number of hydrogen-bond acceptors (Lipinski definition) is 2. The molecule has 1 aliphatic rings. The highest BCUT2D eigenvalue weighted by molar-refractivity contribution is 6.30. The molecule has 1 amide bonds. The lowest BCUT2D eigenvalue weighted by atomic mass is 10.1. The molecule has 1 saturated heterocycles. The van der Waals surface area contributed by atoms with Crippen molar-refractivity contribution in [3.63, 3.8) is 0 Å². The minimum Gasteiger partial charge on any atom is -0.342 e. The number of hydrogen-bond donors (Lipinski definition) is 1. The Kier molecular flexibility index (Phi) is 6.63. The molecule has 0 saturated carbocycles. The van der Waals surface area contributed by atoms with E-state index in [0.29, 0.717) is 17.4 Å². The fraction of sp³-hybridized carbons (Fsp3) is 0.500. The molecule has 5 heteroatoms. The standard InChI is InChI=1S/C14H19ClN2O.ClH/c1-16-9-12-6-7-17(10-12)14(18)8-11-2-4-13(15)5-3-11;/h2-5,12,16H,6-10H2,1H3;1H. The van der Waals surface area contributed by atoms with Crippen LogP contribution in [0, 0.1) is 5.92 Å². The molecule has 1 unspecified atom stereocenters. The first kappa shape index (κ1) is 16.3. The lowest BCUT2D eigenvalue weighted by Gasteiger charge is -2.16. The zero-order chi connectivity index (χ0) is 13.0. The predicted molar refractivity (Wildman–Crippen MR) is 81.0 cm³/mol. The second-order valence-electron chi connectivity index (χ2n) is 4.86. The third kappa shape index (κ3) is 4.68. The second-order valence-corrected chi connectivity index (χ2v) is 5.29. The highest BCUT2D eigenvalue weighted by Crippen LogP contribution is 2.17. The van der Waals surface area contributed by atoms with Crippen molar-refractivity contribution in [3.05, 3.63) is 34.9 Å². The Morgan fingerprint density at radius 2 is 2.11 bits per heavy atom. The average molecular weight is 303 g/mol. The molecule has 1 aromatic rings. The molecular weight excluding hydrogens is 283 g/mol. The average Bonchev–Trinajstić information content (AvgIpc) is 2.81. The number of nitrogens with one attached hydrogen (secondary N) is 1. The van der Waals surface area contributed by atoms with Crippen LogP contribution in [-0.4, -0.2) is 37.5 Å². The lowest BCUT2D eigenvalue weighted by molar-refractivity contribution is -0.129. The van der Waals surface area contributed by atoms with Crippen LogP contribution in [-0.2, 0) is 11.2 Å². The number of carbonyl (C=O) groups is 1. The molecule has 3 nitrogen and oxygen atoms in total. The van der Waals surface area contributed by atoms with Gasteiger partial charge in [-0.25, -0.2) is 0 Å². The van der Waals surface area contributed by atoms with E-state index in [2.05, 4.69) is 5.32 Å². The fourth-order valence-corrected chi connectivity index (χ4v) is 2.53. The van der Waals surface area contributed by atoms with Gasteiger partial charge in [-0.15, -0.1) is 12.4 Å². The lowest BCUT2D eigenvalue weighted by Crippen LogP contribution is -2.31. The van der Waals surface area contributed by atoms with Crippen molar-refractivity contribution in [2.24, 2.45) is 5.92 Å². The van der Waals surface area contributed by atoms with Gasteiger partial charge in [-0.2, -0.15) is 0 Å². The molecule has 2 rings (SSSR count). The van der Waals surface area contributed by atoms with E-state index >= 15 is 0 Å². The normalized spacial score (nSPS) is 18.2. The molecule has 0 spiro atoms. The van der Waals surface area contributed by atoms with Crippen LogP contribution >= 0.6 is 24.0 Å². The van der Waals surface area contributed by atoms with Crippen LogP contribution in [0.25, 0.3) is 0 Å². The van der Waals surface area contributed by atoms with E-state index < -0.39 is 0 Å². The minimum atomic E-state index is 0. The smallest absolute Gasteiger partial charge is 0.226 e. The summed E-state index contributed by atoms with van der Waals surface area (Å²) in [7, 11) is 1.96. The van der Waals surface area contributed by atoms with Gasteiger partial charge in [-0.05, 0) is 43.6 Å². The van der Waals surface area contributed by atoms with Crippen LogP contribution in [0.4, 0.5) is 0 Å². The molecule has 0 radical (unpaired) electrons. The molecule has 1 heterocycles. The third-order valence-corrected chi connectivity index (χ3v) is 3.65. The van der Waals surface area contributed by atoms with Gasteiger partial charge in [-0.1, -0.05) is 23.7 Å². The van der Waals surface area contributed by atoms with Crippen LogP contribution in [0.3, 0.4) is 0 Å². The Morgan fingerprint density at radius 3 is 2.74 bits per heavy atom. The maximum absolute atomic E-state index is 12.1. The van der Waals surface area contributed by atoms with E-state index in [0.717, 1.165) is 31.6 Å². The number of nitrogens with zero attached hydrogens (tertiary/aromatic N) is 1. The molecule has 1 atom stereocenters. The number of benzene rings is 1. The number of halogens is 2. The second kappa shape index (κ2) is 7.73. The Bertz CT molecular complexity index is 408. The summed E-state index contributed by atoms with van der Waals surface area (Å²) in [5.41, 5.74) is 1.03. The quantitative estimate of drug-likeness (QED) is 0.926. The number of amides is 1. The topological polar surface area (TPSA) is 32.3 Å². The molecule has 106 valence electrons. The maximum atomic E-state index is 12.1. The maximum Gasteiger partial charge on any atom is 0.226 e. The van der Waals surface area contributed by atoms with Gasteiger partial charge in [0.25, 0.3) is 0 Å². The van der Waals surface area contributed by atoms with E-state index in [1.165, 1.54) is 0 Å². The third-order valence-electron chi connectivity index (χ3n) is 3.40. The minimum absolute atomic E-state index is 0. The van der Waals surface area contributed by atoms with Gasteiger partial charge < -0.3 is 10.2 Å². The van der Waals surface area contributed by atoms with Crippen molar-refractivity contribution in [3.8, 4) is 0 Å². The van der Waals surface area contributed by atoms with Gasteiger partial charge in [-0.3, -0.25) is 4.79 Å². The summed E-state index contributed by atoms with van der Waals surface area (Å²) in [5, 5.41) is 3.88. The molecule has 1 aromatic carbocycles. The Morgan fingerprint density at radius 1 is 1.42 bits per heavy atom. The summed E-state index contributed by atoms with van der Waals surface area (Å²) in [6.07, 6.45) is 1.58. The van der Waals surface area contributed by atoms with Crippen molar-refractivity contribution in [1.29, 1.82) is 0 Å². The highest BCUT2D eigenvalue weighted by Gasteiger charge is 2.25. The summed E-state index contributed by atoms with van der Waals surface area (Å²) in [6.45, 7) is 2.76. The Labute approximate surface area is 125 Å². The highest BCUT2D eigenvalue weighted by atomic mass is 35.5. The fourth-order valence-electron chi connectivity index (χ4n) is 2.40. The van der Waals surface area contributed by atoms with Crippen molar-refractivity contribution in [1.82, 2.24) is 10.2 Å². The SMILES string of the molecule is CNCC1CCN(C(=O)Cc2ccc(Cl)cc2)C1.Cl. The zero-order valence-corrected chi connectivity index (χ0v) is 12.6. The van der Waals surface area contributed by atoms with Crippen LogP contribution < -0.4 is 5.32 Å². The zero-order valence-electron chi connectivity index (χ0n) is 11.1. The van der Waals surface area contributed by atoms with E-state index in [9.17, 15) is 4.79 Å². The number of carbonyl (C=O) groups excluding carboxylic acids is 1. The Hall–Kier alpha value is -0.770. The predicted octanol–water partition coefficient (Wildman–Crippen LogP) is 2.37. The van der Waals surface area contributed by atoms with Gasteiger partial charge in [0.2, 0.25) is 5.91 Å². The van der Waals surface area contributed by atoms with Crippen LogP contribution in [0.2, 0.25) is 5.02 Å². The van der Waals surface area contributed by atoms with Crippen molar-refractivity contribution < 1.29 is 4.79 Å². The van der Waals surface area contributed by atoms with Crippen molar-refractivity contribution in [2.45, 2.75) is 12.8 Å². The van der Waals surface area contributed by atoms with Crippen LogP contribution in [0.15, 0.2) is 24.3 Å². The van der Waals surface area contributed by atoms with E-state index in [4.69, 9.17) is 11.6 Å². The molecule has 1 aliphatic heterocycles. The Balaban J connectivity index is 0.00000180. The molecule has 1 N–H and O–H groups in total. The summed E-state index contributed by atoms with van der Waals surface area (Å²) in [4.78, 5) is 14.1. The largest absolute Gasteiger partial charge is 0.342 e. The van der Waals surface area contributed by atoms with E-state index in [1.54, 1.807) is 0 Å². The summed E-state index contributed by atoms with van der Waals surface area (Å²) >= 11 is 5.83. The summed E-state index contributed by atoms with van der Waals surface area (Å²) in [5.74, 6) is 0.820. The van der Waals surface area contributed by atoms with E-state index in [1.807, 2.05) is 36.2 Å². The number of likely N-dealkylation sites (tertiary alicyclic amines) is 1. The van der Waals surface area contributed by atoms with Crippen LogP contribution in [0.1, 0.15) is 12.0 Å². The van der Waals surface area contributed by atoms with Gasteiger partial charge in [0.15, 0.2) is 0 Å². The van der Waals surface area contributed by atoms with Gasteiger partial charge in [0.05, 0.1) is 6.42 Å². The first-order valence-corrected chi connectivity index (χ1v) is 6.73. The van der Waals surface area contributed by atoms with Crippen molar-refractivity contribution >= 4 is 29.9 Å².